The Labute approximate surface area is 219 Å². The molecule has 3 N–H and O–H groups in total. The summed E-state index contributed by atoms with van der Waals surface area (Å²) in [5.41, 5.74) is -0.968. The zero-order valence-corrected chi connectivity index (χ0v) is 22.8. The Morgan fingerprint density at radius 3 is 2.35 bits per heavy atom. The van der Waals surface area contributed by atoms with E-state index in [1.807, 2.05) is 13.8 Å². The van der Waals surface area contributed by atoms with Crippen molar-refractivity contribution in [2.24, 2.45) is 5.92 Å². The zero-order valence-electron chi connectivity index (χ0n) is 22.8. The number of alkyl halides is 3. The van der Waals surface area contributed by atoms with E-state index in [9.17, 15) is 22.4 Å². The topological polar surface area (TPSA) is 70.6 Å². The molecule has 0 spiro atoms. The van der Waals surface area contributed by atoms with Gasteiger partial charge in [-0.3, -0.25) is 4.79 Å². The molecule has 0 bridgehead atoms. The van der Waals surface area contributed by atoms with E-state index in [1.165, 1.54) is 12.8 Å². The van der Waals surface area contributed by atoms with Gasteiger partial charge in [-0.05, 0) is 61.8 Å². The first-order chi connectivity index (χ1) is 17.6. The van der Waals surface area contributed by atoms with E-state index < -0.39 is 17.6 Å². The summed E-state index contributed by atoms with van der Waals surface area (Å²) in [5.74, 6) is -0.819. The number of benzene rings is 1. The van der Waals surface area contributed by atoms with Crippen LogP contribution in [0.1, 0.15) is 96.6 Å². The molecule has 2 fully saturated rings. The van der Waals surface area contributed by atoms with E-state index in [4.69, 9.17) is 9.84 Å². The standard InChI is InChI=1S/C21H30F4N2O2.C5H10O.C2H6/c1-3-4-18(27-19-7-8-29-13-14(19)2)5-6-20(28)26-12-15-9-16(21(23,24)25)11-17(22)10-15;6-5-3-1-2-4-5;1-2/h9-11,14,18-19,27H,3-8,12-13H2,1-2H3,(H,26,28);5-6H,1-4H2;1-2H3. The second-order valence-corrected chi connectivity index (χ2v) is 9.70. The van der Waals surface area contributed by atoms with E-state index in [1.54, 1.807) is 0 Å². The zero-order chi connectivity index (χ0) is 27.8. The first-order valence-corrected chi connectivity index (χ1v) is 13.7. The lowest BCUT2D eigenvalue weighted by atomic mass is 9.95. The molecule has 2 aliphatic rings. The average molecular weight is 535 g/mol. The molecule has 1 aliphatic heterocycles. The molecule has 37 heavy (non-hydrogen) atoms. The van der Waals surface area contributed by atoms with Crippen LogP contribution >= 0.6 is 0 Å². The maximum atomic E-state index is 13.4. The Morgan fingerprint density at radius 2 is 1.81 bits per heavy atom. The van der Waals surface area contributed by atoms with Crippen molar-refractivity contribution in [2.75, 3.05) is 13.2 Å². The quantitative estimate of drug-likeness (QED) is 0.322. The number of rotatable bonds is 9. The molecule has 5 nitrogen and oxygen atoms in total. The summed E-state index contributed by atoms with van der Waals surface area (Å²) in [6.45, 7) is 9.55. The summed E-state index contributed by atoms with van der Waals surface area (Å²) < 4.78 is 57.2. The molecule has 9 heteroatoms. The highest BCUT2D eigenvalue weighted by Gasteiger charge is 2.31. The van der Waals surface area contributed by atoms with Gasteiger partial charge in [0, 0.05) is 31.7 Å². The monoisotopic (exact) mass is 534 g/mol. The van der Waals surface area contributed by atoms with E-state index in [2.05, 4.69) is 24.5 Å². The van der Waals surface area contributed by atoms with Crippen LogP contribution in [0.2, 0.25) is 0 Å². The number of carbonyl (C=O) groups is 1. The Balaban J connectivity index is 0.000000735. The molecule has 214 valence electrons. The molecule has 3 unspecified atom stereocenters. The third-order valence-corrected chi connectivity index (χ3v) is 6.55. The van der Waals surface area contributed by atoms with Crippen LogP contribution in [0.4, 0.5) is 17.6 Å². The van der Waals surface area contributed by atoms with Crippen molar-refractivity contribution in [2.45, 2.75) is 116 Å². The highest BCUT2D eigenvalue weighted by Crippen LogP contribution is 2.30. The fourth-order valence-electron chi connectivity index (χ4n) is 4.50. The predicted molar refractivity (Wildman–Crippen MR) is 139 cm³/mol. The Bertz CT molecular complexity index is 770. The Morgan fingerprint density at radius 1 is 1.14 bits per heavy atom. The SMILES string of the molecule is CC.CCCC(CCC(=O)NCc1cc(F)cc(C(F)(F)F)c1)NC1CCOCC1C.OC1CCCC1. The number of carbonyl (C=O) groups excluding carboxylic acids is 1. The van der Waals surface area contributed by atoms with Crippen LogP contribution in [-0.4, -0.2) is 42.4 Å². The van der Waals surface area contributed by atoms with Crippen LogP contribution in [0, 0.1) is 11.7 Å². The average Bonchev–Trinajstić information content (AvgIpc) is 3.34. The highest BCUT2D eigenvalue weighted by molar-refractivity contribution is 5.75. The van der Waals surface area contributed by atoms with Gasteiger partial charge in [0.05, 0.1) is 18.3 Å². The first kappa shape index (κ1) is 33.3. The maximum Gasteiger partial charge on any atom is 0.416 e. The smallest absolute Gasteiger partial charge is 0.393 e. The van der Waals surface area contributed by atoms with Crippen molar-refractivity contribution < 1.29 is 32.2 Å². The van der Waals surface area contributed by atoms with Gasteiger partial charge >= 0.3 is 6.18 Å². The normalized spacial score (nSPS) is 20.8. The summed E-state index contributed by atoms with van der Waals surface area (Å²) in [6, 6.07) is 2.86. The molecule has 3 atom stereocenters. The summed E-state index contributed by atoms with van der Waals surface area (Å²) in [6.07, 6.45) is 3.75. The van der Waals surface area contributed by atoms with Crippen molar-refractivity contribution in [1.82, 2.24) is 10.6 Å². The van der Waals surface area contributed by atoms with Crippen LogP contribution in [-0.2, 0) is 22.3 Å². The number of ether oxygens (including phenoxy) is 1. The molecule has 1 amide bonds. The summed E-state index contributed by atoms with van der Waals surface area (Å²) in [7, 11) is 0. The minimum absolute atomic E-state index is 0.0463. The molecule has 1 saturated carbocycles. The molecule has 3 rings (SSSR count). The minimum atomic E-state index is -4.62. The van der Waals surface area contributed by atoms with Gasteiger partial charge in [0.15, 0.2) is 0 Å². The van der Waals surface area contributed by atoms with Crippen molar-refractivity contribution in [3.63, 3.8) is 0 Å². The molecule has 0 aromatic heterocycles. The fourth-order valence-corrected chi connectivity index (χ4v) is 4.50. The molecular weight excluding hydrogens is 488 g/mol. The third-order valence-electron chi connectivity index (χ3n) is 6.55. The van der Waals surface area contributed by atoms with E-state index in [0.717, 1.165) is 57.5 Å². The van der Waals surface area contributed by atoms with Gasteiger partial charge in [-0.25, -0.2) is 4.39 Å². The molecular formula is C28H46F4N2O3. The predicted octanol–water partition coefficient (Wildman–Crippen LogP) is 6.37. The second-order valence-electron chi connectivity index (χ2n) is 9.70. The third kappa shape index (κ3) is 13.6. The number of nitrogens with one attached hydrogen (secondary N) is 2. The lowest BCUT2D eigenvalue weighted by Crippen LogP contribution is -2.46. The Kier molecular flexibility index (Phi) is 16.0. The summed E-state index contributed by atoms with van der Waals surface area (Å²) in [4.78, 5) is 12.2. The number of aliphatic hydroxyl groups is 1. The van der Waals surface area contributed by atoms with Crippen molar-refractivity contribution in [3.8, 4) is 0 Å². The Hall–Kier alpha value is -1.71. The lowest BCUT2D eigenvalue weighted by molar-refractivity contribution is -0.137. The van der Waals surface area contributed by atoms with E-state index >= 15 is 0 Å². The highest BCUT2D eigenvalue weighted by atomic mass is 19.4. The number of amides is 1. The van der Waals surface area contributed by atoms with E-state index in [-0.39, 0.29) is 36.6 Å². The van der Waals surface area contributed by atoms with Crippen molar-refractivity contribution in [1.29, 1.82) is 0 Å². The van der Waals surface area contributed by atoms with Gasteiger partial charge in [-0.2, -0.15) is 13.2 Å². The molecule has 1 aromatic carbocycles. The van der Waals surface area contributed by atoms with Crippen LogP contribution in [0.15, 0.2) is 18.2 Å². The molecule has 1 aliphatic carbocycles. The van der Waals surface area contributed by atoms with Gasteiger partial charge in [0.2, 0.25) is 5.91 Å². The van der Waals surface area contributed by atoms with E-state index in [0.29, 0.717) is 24.4 Å². The molecule has 1 saturated heterocycles. The van der Waals surface area contributed by atoms with Gasteiger partial charge in [0.25, 0.3) is 0 Å². The van der Waals surface area contributed by atoms with Gasteiger partial charge in [0.1, 0.15) is 5.82 Å². The molecule has 0 radical (unpaired) electrons. The summed E-state index contributed by atoms with van der Waals surface area (Å²) >= 11 is 0. The number of hydrogen-bond acceptors (Lipinski definition) is 4. The van der Waals surface area contributed by atoms with Crippen LogP contribution < -0.4 is 10.6 Å². The van der Waals surface area contributed by atoms with Gasteiger partial charge in [-0.1, -0.05) is 47.0 Å². The van der Waals surface area contributed by atoms with Crippen LogP contribution in [0.25, 0.3) is 0 Å². The minimum Gasteiger partial charge on any atom is -0.393 e. The number of aliphatic hydroxyl groups excluding tert-OH is 1. The largest absolute Gasteiger partial charge is 0.416 e. The fraction of sp³-hybridized carbons (Fsp3) is 0.750. The van der Waals surface area contributed by atoms with Crippen LogP contribution in [0.5, 0.6) is 0 Å². The second kappa shape index (κ2) is 17.7. The van der Waals surface area contributed by atoms with Gasteiger partial charge < -0.3 is 20.5 Å². The number of halogens is 4. The first-order valence-electron chi connectivity index (χ1n) is 13.7. The molecule has 1 aromatic rings. The van der Waals surface area contributed by atoms with Crippen molar-refractivity contribution in [3.05, 3.63) is 35.1 Å². The van der Waals surface area contributed by atoms with Gasteiger partial charge in [-0.15, -0.1) is 0 Å². The molecule has 1 heterocycles. The summed E-state index contributed by atoms with van der Waals surface area (Å²) in [5, 5.41) is 15.0. The number of hydrogen-bond donors (Lipinski definition) is 3. The van der Waals surface area contributed by atoms with Crippen molar-refractivity contribution >= 4 is 5.91 Å². The lowest BCUT2D eigenvalue weighted by Gasteiger charge is -2.33. The maximum absolute atomic E-state index is 13.4. The van der Waals surface area contributed by atoms with Crippen LogP contribution in [0.3, 0.4) is 0 Å².